The van der Waals surface area contributed by atoms with Gasteiger partial charge in [0.25, 0.3) is 5.91 Å². The van der Waals surface area contributed by atoms with Crippen LogP contribution >= 0.6 is 11.3 Å². The topological polar surface area (TPSA) is 74.7 Å². The highest BCUT2D eigenvalue weighted by Gasteiger charge is 2.41. The quantitative estimate of drug-likeness (QED) is 0.790. The second-order valence-electron chi connectivity index (χ2n) is 6.10. The van der Waals surface area contributed by atoms with Crippen LogP contribution in [0.1, 0.15) is 17.8 Å². The molecule has 0 unspecified atom stereocenters. The number of aliphatic hydroxyl groups is 1. The van der Waals surface area contributed by atoms with Crippen LogP contribution < -0.4 is 5.32 Å². The van der Waals surface area contributed by atoms with Crippen LogP contribution in [-0.4, -0.2) is 59.8 Å². The van der Waals surface area contributed by atoms with Gasteiger partial charge in [-0.1, -0.05) is 12.1 Å². The van der Waals surface area contributed by atoms with Gasteiger partial charge in [-0.25, -0.2) is 4.98 Å². The van der Waals surface area contributed by atoms with Gasteiger partial charge in [-0.2, -0.15) is 0 Å². The molecule has 2 N–H and O–H groups in total. The van der Waals surface area contributed by atoms with E-state index < -0.39 is 5.60 Å². The van der Waals surface area contributed by atoms with Crippen molar-refractivity contribution in [1.82, 2.24) is 15.2 Å². The number of nitrogens with one attached hydrogen (secondary N) is 1. The lowest BCUT2D eigenvalue weighted by Crippen LogP contribution is -2.58. The molecular weight excluding hydrogens is 326 g/mol. The predicted molar refractivity (Wildman–Crippen MR) is 94.0 cm³/mol. The SMILES string of the molecule is COCCN1CCC[C@@](O)(CNCc2nc3ccccc3s2)C1=O. The molecule has 0 radical (unpaired) electrons. The van der Waals surface area contributed by atoms with Crippen LogP contribution in [0.4, 0.5) is 0 Å². The molecule has 0 saturated carbocycles. The van der Waals surface area contributed by atoms with E-state index in [1.807, 2.05) is 24.3 Å². The Morgan fingerprint density at radius 2 is 2.29 bits per heavy atom. The highest BCUT2D eigenvalue weighted by atomic mass is 32.1. The minimum absolute atomic E-state index is 0.206. The number of nitrogens with zero attached hydrogens (tertiary/aromatic N) is 2. The molecule has 1 aliphatic rings. The molecule has 1 amide bonds. The predicted octanol–water partition coefficient (Wildman–Crippen LogP) is 1.39. The maximum absolute atomic E-state index is 12.5. The van der Waals surface area contributed by atoms with Gasteiger partial charge in [0, 0.05) is 33.3 Å². The maximum Gasteiger partial charge on any atom is 0.255 e. The normalized spacial score (nSPS) is 21.6. The van der Waals surface area contributed by atoms with E-state index in [4.69, 9.17) is 4.74 Å². The first kappa shape index (κ1) is 17.3. The third-order valence-corrected chi connectivity index (χ3v) is 5.34. The number of benzene rings is 1. The van der Waals surface area contributed by atoms with Gasteiger partial charge in [-0.3, -0.25) is 4.79 Å². The minimum Gasteiger partial charge on any atom is -0.383 e. The molecule has 1 aromatic heterocycles. The number of fused-ring (bicyclic) bond motifs is 1. The van der Waals surface area contributed by atoms with Gasteiger partial charge in [0.15, 0.2) is 5.60 Å². The van der Waals surface area contributed by atoms with Gasteiger partial charge in [0.05, 0.1) is 16.8 Å². The maximum atomic E-state index is 12.5. The highest BCUT2D eigenvalue weighted by molar-refractivity contribution is 7.18. The van der Waals surface area contributed by atoms with Gasteiger partial charge in [-0.15, -0.1) is 11.3 Å². The van der Waals surface area contributed by atoms with E-state index in [1.54, 1.807) is 23.3 Å². The number of ether oxygens (including phenoxy) is 1. The average molecular weight is 349 g/mol. The highest BCUT2D eigenvalue weighted by Crippen LogP contribution is 2.23. The Balaban J connectivity index is 1.57. The van der Waals surface area contributed by atoms with Crippen LogP contribution in [0.5, 0.6) is 0 Å². The van der Waals surface area contributed by atoms with E-state index in [1.165, 1.54) is 0 Å². The largest absolute Gasteiger partial charge is 0.383 e. The third-order valence-electron chi connectivity index (χ3n) is 4.30. The van der Waals surface area contributed by atoms with Gasteiger partial charge < -0.3 is 20.1 Å². The Morgan fingerprint density at radius 3 is 3.08 bits per heavy atom. The first-order valence-corrected chi connectivity index (χ1v) is 9.00. The lowest BCUT2D eigenvalue weighted by molar-refractivity contribution is -0.157. The van der Waals surface area contributed by atoms with Crippen LogP contribution in [-0.2, 0) is 16.1 Å². The van der Waals surface area contributed by atoms with Crippen LogP contribution in [0.2, 0.25) is 0 Å². The van der Waals surface area contributed by atoms with E-state index in [0.29, 0.717) is 32.7 Å². The van der Waals surface area contributed by atoms with E-state index in [2.05, 4.69) is 10.3 Å². The molecule has 0 bridgehead atoms. The number of carbonyl (C=O) groups excluding carboxylic acids is 1. The number of thiazole rings is 1. The molecular formula is C17H23N3O3S. The molecule has 2 heterocycles. The van der Waals surface area contributed by atoms with Crippen molar-refractivity contribution in [3.63, 3.8) is 0 Å². The Labute approximate surface area is 145 Å². The van der Waals surface area contributed by atoms with Gasteiger partial charge >= 0.3 is 0 Å². The number of methoxy groups -OCH3 is 1. The van der Waals surface area contributed by atoms with Crippen molar-refractivity contribution in [2.24, 2.45) is 0 Å². The second kappa shape index (κ2) is 7.57. The standard InChI is InChI=1S/C17H23N3O3S/c1-23-10-9-20-8-4-7-17(22,16(20)21)12-18-11-15-19-13-5-2-3-6-14(13)24-15/h2-3,5-6,18,22H,4,7-12H2,1H3/t17-/m1/s1. The molecule has 1 aromatic carbocycles. The van der Waals surface area contributed by atoms with E-state index in [9.17, 15) is 9.90 Å². The summed E-state index contributed by atoms with van der Waals surface area (Å²) in [7, 11) is 1.61. The number of para-hydroxylation sites is 1. The molecule has 130 valence electrons. The Hall–Kier alpha value is -1.54. The third kappa shape index (κ3) is 3.75. The molecule has 1 aliphatic heterocycles. The van der Waals surface area contributed by atoms with Crippen molar-refractivity contribution in [2.45, 2.75) is 25.0 Å². The van der Waals surface area contributed by atoms with Gasteiger partial charge in [-0.05, 0) is 25.0 Å². The number of carbonyl (C=O) groups is 1. The fraction of sp³-hybridized carbons (Fsp3) is 0.529. The van der Waals surface area contributed by atoms with E-state index in [-0.39, 0.29) is 12.5 Å². The van der Waals surface area contributed by atoms with Gasteiger partial charge in [0.2, 0.25) is 0 Å². The first-order chi connectivity index (χ1) is 11.6. The summed E-state index contributed by atoms with van der Waals surface area (Å²) in [5, 5.41) is 14.9. The fourth-order valence-electron chi connectivity index (χ4n) is 3.02. The van der Waals surface area contributed by atoms with Crippen LogP contribution in [0.3, 0.4) is 0 Å². The summed E-state index contributed by atoms with van der Waals surface area (Å²) >= 11 is 1.63. The summed E-state index contributed by atoms with van der Waals surface area (Å²) in [5.41, 5.74) is -0.347. The summed E-state index contributed by atoms with van der Waals surface area (Å²) in [4.78, 5) is 18.7. The van der Waals surface area contributed by atoms with Crippen LogP contribution in [0, 0.1) is 0 Å². The van der Waals surface area contributed by atoms with Crippen molar-refractivity contribution >= 4 is 27.5 Å². The summed E-state index contributed by atoms with van der Waals surface area (Å²) in [5.74, 6) is -0.206. The second-order valence-corrected chi connectivity index (χ2v) is 7.21. The molecule has 6 nitrogen and oxygen atoms in total. The van der Waals surface area contributed by atoms with Crippen molar-refractivity contribution in [2.75, 3.05) is 33.4 Å². The summed E-state index contributed by atoms with van der Waals surface area (Å²) < 4.78 is 6.18. The number of hydrogen-bond acceptors (Lipinski definition) is 6. The monoisotopic (exact) mass is 349 g/mol. The first-order valence-electron chi connectivity index (χ1n) is 8.18. The van der Waals surface area contributed by atoms with Crippen LogP contribution in [0.25, 0.3) is 10.2 Å². The molecule has 1 atom stereocenters. The van der Waals surface area contributed by atoms with Crippen molar-refractivity contribution in [1.29, 1.82) is 0 Å². The van der Waals surface area contributed by atoms with E-state index >= 15 is 0 Å². The zero-order valence-electron chi connectivity index (χ0n) is 13.8. The molecule has 0 aliphatic carbocycles. The number of aromatic nitrogens is 1. The molecule has 24 heavy (non-hydrogen) atoms. The minimum atomic E-state index is -1.33. The lowest BCUT2D eigenvalue weighted by Gasteiger charge is -2.38. The number of likely N-dealkylation sites (tertiary alicyclic amines) is 1. The Kier molecular flexibility index (Phi) is 5.45. The molecule has 0 spiro atoms. The smallest absolute Gasteiger partial charge is 0.255 e. The van der Waals surface area contributed by atoms with E-state index in [0.717, 1.165) is 21.6 Å². The zero-order chi connectivity index (χ0) is 17.0. The summed E-state index contributed by atoms with van der Waals surface area (Å²) in [6.45, 7) is 2.48. The van der Waals surface area contributed by atoms with Crippen molar-refractivity contribution in [3.8, 4) is 0 Å². The van der Waals surface area contributed by atoms with Crippen molar-refractivity contribution < 1.29 is 14.6 Å². The Bertz CT molecular complexity index is 672. The fourth-order valence-corrected chi connectivity index (χ4v) is 3.95. The summed E-state index contributed by atoms with van der Waals surface area (Å²) in [6.07, 6.45) is 1.29. The number of amides is 1. The molecule has 1 fully saturated rings. The molecule has 7 heteroatoms. The molecule has 1 saturated heterocycles. The van der Waals surface area contributed by atoms with Crippen molar-refractivity contribution in [3.05, 3.63) is 29.3 Å². The molecule has 2 aromatic rings. The van der Waals surface area contributed by atoms with Gasteiger partial charge in [0.1, 0.15) is 5.01 Å². The zero-order valence-corrected chi connectivity index (χ0v) is 14.6. The van der Waals surface area contributed by atoms with Crippen LogP contribution in [0.15, 0.2) is 24.3 Å². The Morgan fingerprint density at radius 1 is 1.46 bits per heavy atom. The molecule has 3 rings (SSSR count). The number of rotatable bonds is 7. The number of hydrogen-bond donors (Lipinski definition) is 2. The number of piperidine rings is 1. The lowest BCUT2D eigenvalue weighted by atomic mass is 9.91. The summed E-state index contributed by atoms with van der Waals surface area (Å²) in [6, 6.07) is 8.00. The average Bonchev–Trinajstić information content (AvgIpc) is 2.99.